The van der Waals surface area contributed by atoms with E-state index in [9.17, 15) is 4.79 Å². The second-order valence-electron chi connectivity index (χ2n) is 2.89. The van der Waals surface area contributed by atoms with Gasteiger partial charge in [-0.2, -0.15) is 0 Å². The number of carbonyl (C=O) groups excluding carboxylic acids is 1. The molecule has 0 aliphatic rings. The Bertz CT molecular complexity index is 269. The molecule has 13 heavy (non-hydrogen) atoms. The fourth-order valence-corrected chi connectivity index (χ4v) is 1.18. The lowest BCUT2D eigenvalue weighted by molar-refractivity contribution is -0.126. The maximum Gasteiger partial charge on any atom is 0.223 e. The fourth-order valence-electron chi connectivity index (χ4n) is 1.18. The van der Waals surface area contributed by atoms with Gasteiger partial charge in [-0.1, -0.05) is 30.3 Å². The van der Waals surface area contributed by atoms with E-state index >= 15 is 0 Å². The molecule has 0 unspecified atom stereocenters. The third-order valence-electron chi connectivity index (χ3n) is 1.95. The molecule has 0 aliphatic heterocycles. The van der Waals surface area contributed by atoms with Crippen LogP contribution >= 0.6 is 0 Å². The molecule has 0 aliphatic carbocycles. The highest BCUT2D eigenvalue weighted by molar-refractivity contribution is 5.80. The zero-order chi connectivity index (χ0) is 9.68. The number of benzene rings is 1. The number of hydrogen-bond donors (Lipinski definition) is 0. The van der Waals surface area contributed by atoms with Crippen molar-refractivity contribution in [2.24, 2.45) is 0 Å². The SMILES string of the molecule is [CH2]C(=O)N(CC)Cc1ccccc1. The molecule has 69 valence electrons. The summed E-state index contributed by atoms with van der Waals surface area (Å²) in [4.78, 5) is 12.7. The molecule has 0 N–H and O–H groups in total. The highest BCUT2D eigenvalue weighted by Gasteiger charge is 2.05. The second-order valence-corrected chi connectivity index (χ2v) is 2.89. The Labute approximate surface area is 79.2 Å². The first kappa shape index (κ1) is 9.78. The molecule has 0 heterocycles. The summed E-state index contributed by atoms with van der Waals surface area (Å²) in [6.45, 7) is 6.70. The minimum atomic E-state index is -0.119. The normalized spacial score (nSPS) is 9.69. The van der Waals surface area contributed by atoms with Crippen LogP contribution in [0.3, 0.4) is 0 Å². The Morgan fingerprint density at radius 2 is 2.00 bits per heavy atom. The topological polar surface area (TPSA) is 20.3 Å². The van der Waals surface area contributed by atoms with Gasteiger partial charge in [0, 0.05) is 20.0 Å². The van der Waals surface area contributed by atoms with Crippen molar-refractivity contribution in [2.45, 2.75) is 13.5 Å². The first-order valence-electron chi connectivity index (χ1n) is 4.39. The van der Waals surface area contributed by atoms with E-state index < -0.39 is 0 Å². The van der Waals surface area contributed by atoms with Crippen LogP contribution in [-0.2, 0) is 11.3 Å². The van der Waals surface area contributed by atoms with Gasteiger partial charge >= 0.3 is 0 Å². The molecular weight excluding hydrogens is 162 g/mol. The maximum absolute atomic E-state index is 11.0. The fraction of sp³-hybridized carbons (Fsp3) is 0.273. The number of amides is 1. The summed E-state index contributed by atoms with van der Waals surface area (Å²) in [6, 6.07) is 9.91. The second kappa shape index (κ2) is 4.65. The van der Waals surface area contributed by atoms with Crippen molar-refractivity contribution in [1.82, 2.24) is 4.90 Å². The van der Waals surface area contributed by atoms with Crippen LogP contribution in [0.1, 0.15) is 12.5 Å². The lowest BCUT2D eigenvalue weighted by Gasteiger charge is -2.18. The molecule has 0 saturated carbocycles. The molecule has 1 aromatic carbocycles. The van der Waals surface area contributed by atoms with Crippen LogP contribution in [0, 0.1) is 6.92 Å². The molecular formula is C11H14NO. The Balaban J connectivity index is 2.62. The Kier molecular flexibility index (Phi) is 3.50. The van der Waals surface area contributed by atoms with Crippen LogP contribution in [0.4, 0.5) is 0 Å². The van der Waals surface area contributed by atoms with Gasteiger partial charge in [-0.25, -0.2) is 0 Å². The molecule has 1 aromatic rings. The van der Waals surface area contributed by atoms with E-state index in [1.807, 2.05) is 37.3 Å². The summed E-state index contributed by atoms with van der Waals surface area (Å²) in [5.74, 6) is -0.119. The molecule has 2 heteroatoms. The van der Waals surface area contributed by atoms with Crippen LogP contribution in [0.15, 0.2) is 30.3 Å². The van der Waals surface area contributed by atoms with Gasteiger partial charge in [0.25, 0.3) is 0 Å². The van der Waals surface area contributed by atoms with E-state index in [-0.39, 0.29) is 5.91 Å². The van der Waals surface area contributed by atoms with Gasteiger partial charge in [0.1, 0.15) is 0 Å². The number of rotatable bonds is 3. The van der Waals surface area contributed by atoms with Gasteiger partial charge in [-0.05, 0) is 12.5 Å². The van der Waals surface area contributed by atoms with Crippen molar-refractivity contribution >= 4 is 5.91 Å². The average Bonchev–Trinajstić information content (AvgIpc) is 2.15. The smallest absolute Gasteiger partial charge is 0.223 e. The summed E-state index contributed by atoms with van der Waals surface area (Å²) in [7, 11) is 0. The summed E-state index contributed by atoms with van der Waals surface area (Å²) >= 11 is 0. The minimum Gasteiger partial charge on any atom is -0.339 e. The average molecular weight is 176 g/mol. The molecule has 0 spiro atoms. The molecule has 1 radical (unpaired) electrons. The lowest BCUT2D eigenvalue weighted by Crippen LogP contribution is -2.27. The van der Waals surface area contributed by atoms with Gasteiger partial charge in [-0.3, -0.25) is 4.79 Å². The predicted molar refractivity (Wildman–Crippen MR) is 52.9 cm³/mol. The summed E-state index contributed by atoms with van der Waals surface area (Å²) in [6.07, 6.45) is 0. The van der Waals surface area contributed by atoms with Crippen molar-refractivity contribution in [2.75, 3.05) is 6.54 Å². The van der Waals surface area contributed by atoms with Crippen LogP contribution in [0.5, 0.6) is 0 Å². The highest BCUT2D eigenvalue weighted by Crippen LogP contribution is 2.03. The van der Waals surface area contributed by atoms with Crippen LogP contribution in [0.2, 0.25) is 0 Å². The van der Waals surface area contributed by atoms with E-state index in [0.717, 1.165) is 5.56 Å². The largest absolute Gasteiger partial charge is 0.339 e. The molecule has 1 amide bonds. The molecule has 0 bridgehead atoms. The standard InChI is InChI=1S/C11H14NO/c1-3-12(10(2)13)9-11-7-5-4-6-8-11/h4-8H,2-3,9H2,1H3. The molecule has 2 nitrogen and oxygen atoms in total. The van der Waals surface area contributed by atoms with Gasteiger partial charge in [0.15, 0.2) is 0 Å². The number of carbonyl (C=O) groups is 1. The summed E-state index contributed by atoms with van der Waals surface area (Å²) in [5.41, 5.74) is 1.14. The van der Waals surface area contributed by atoms with Gasteiger partial charge in [0.05, 0.1) is 0 Å². The van der Waals surface area contributed by atoms with Gasteiger partial charge in [0.2, 0.25) is 5.91 Å². The number of hydrogen-bond acceptors (Lipinski definition) is 1. The zero-order valence-corrected chi connectivity index (χ0v) is 7.86. The van der Waals surface area contributed by atoms with Crippen molar-refractivity contribution in [3.8, 4) is 0 Å². The van der Waals surface area contributed by atoms with Crippen molar-refractivity contribution < 1.29 is 4.79 Å². The third kappa shape index (κ3) is 2.90. The Hall–Kier alpha value is -1.31. The van der Waals surface area contributed by atoms with E-state index in [1.165, 1.54) is 0 Å². The maximum atomic E-state index is 11.0. The van der Waals surface area contributed by atoms with Gasteiger partial charge in [-0.15, -0.1) is 0 Å². The predicted octanol–water partition coefficient (Wildman–Crippen LogP) is 1.87. The first-order chi connectivity index (χ1) is 6.24. The van der Waals surface area contributed by atoms with Crippen molar-refractivity contribution in [3.63, 3.8) is 0 Å². The van der Waals surface area contributed by atoms with Crippen molar-refractivity contribution in [3.05, 3.63) is 42.8 Å². The Morgan fingerprint density at radius 3 is 2.46 bits per heavy atom. The van der Waals surface area contributed by atoms with E-state index in [4.69, 9.17) is 0 Å². The third-order valence-corrected chi connectivity index (χ3v) is 1.95. The summed E-state index contributed by atoms with van der Waals surface area (Å²) < 4.78 is 0. The zero-order valence-electron chi connectivity index (χ0n) is 7.86. The van der Waals surface area contributed by atoms with E-state index in [1.54, 1.807) is 4.90 Å². The molecule has 1 rings (SSSR count). The highest BCUT2D eigenvalue weighted by atomic mass is 16.2. The van der Waals surface area contributed by atoms with Crippen molar-refractivity contribution in [1.29, 1.82) is 0 Å². The summed E-state index contributed by atoms with van der Waals surface area (Å²) in [5, 5.41) is 0. The van der Waals surface area contributed by atoms with Crippen LogP contribution in [0.25, 0.3) is 0 Å². The molecule has 0 aromatic heterocycles. The molecule has 0 atom stereocenters. The Morgan fingerprint density at radius 1 is 1.38 bits per heavy atom. The quantitative estimate of drug-likeness (QED) is 0.688. The molecule has 0 saturated heterocycles. The van der Waals surface area contributed by atoms with Gasteiger partial charge < -0.3 is 4.90 Å². The number of nitrogens with zero attached hydrogens (tertiary/aromatic N) is 1. The monoisotopic (exact) mass is 176 g/mol. The lowest BCUT2D eigenvalue weighted by atomic mass is 10.2. The first-order valence-corrected chi connectivity index (χ1v) is 4.39. The minimum absolute atomic E-state index is 0.119. The van der Waals surface area contributed by atoms with Crippen LogP contribution < -0.4 is 0 Å². The molecule has 0 fully saturated rings. The van der Waals surface area contributed by atoms with E-state index in [2.05, 4.69) is 6.92 Å². The van der Waals surface area contributed by atoms with Crippen LogP contribution in [-0.4, -0.2) is 17.4 Å². The van der Waals surface area contributed by atoms with E-state index in [0.29, 0.717) is 13.1 Å².